The molecule has 0 aliphatic rings. The first-order valence-electron chi connectivity index (χ1n) is 3.53. The Morgan fingerprint density at radius 3 is 2.70 bits per heavy atom. The predicted octanol–water partition coefficient (Wildman–Crippen LogP) is 2.02. The van der Waals surface area contributed by atoms with Crippen LogP contribution in [0.15, 0.2) is 36.5 Å². The van der Waals surface area contributed by atoms with Crippen molar-refractivity contribution in [1.82, 2.24) is 0 Å². The molecule has 0 fully saturated rings. The number of rotatable bonds is 4. The molecule has 10 heavy (non-hydrogen) atoms. The molecule has 56 valence electrons. The molecule has 0 saturated carbocycles. The Balaban J connectivity index is 3.94. The van der Waals surface area contributed by atoms with Gasteiger partial charge >= 0.3 is 0 Å². The van der Waals surface area contributed by atoms with Gasteiger partial charge in [-0.15, -0.1) is 0 Å². The van der Waals surface area contributed by atoms with E-state index >= 15 is 0 Å². The van der Waals surface area contributed by atoms with E-state index in [1.165, 1.54) is 0 Å². The van der Waals surface area contributed by atoms with E-state index < -0.39 is 0 Å². The molecule has 0 spiro atoms. The van der Waals surface area contributed by atoms with Crippen LogP contribution in [0, 0.1) is 0 Å². The topological polar surface area (TPSA) is 26.0 Å². The molecule has 0 aliphatic heterocycles. The third kappa shape index (κ3) is 4.10. The van der Waals surface area contributed by atoms with E-state index in [-0.39, 0.29) is 0 Å². The zero-order valence-electron chi connectivity index (χ0n) is 6.51. The Kier molecular flexibility index (Phi) is 5.79. The molecule has 0 saturated heterocycles. The third-order valence-corrected chi connectivity index (χ3v) is 1.14. The van der Waals surface area contributed by atoms with Gasteiger partial charge in [-0.25, -0.2) is 0 Å². The highest BCUT2D eigenvalue weighted by atomic mass is 14.5. The van der Waals surface area contributed by atoms with Gasteiger partial charge in [0.2, 0.25) is 0 Å². The van der Waals surface area contributed by atoms with Gasteiger partial charge in [-0.2, -0.15) is 0 Å². The van der Waals surface area contributed by atoms with Gasteiger partial charge in [-0.05, 0) is 12.0 Å². The summed E-state index contributed by atoms with van der Waals surface area (Å²) in [7, 11) is 0. The van der Waals surface area contributed by atoms with Gasteiger partial charge in [-0.1, -0.05) is 37.8 Å². The van der Waals surface area contributed by atoms with Crippen LogP contribution in [-0.2, 0) is 0 Å². The lowest BCUT2D eigenvalue weighted by Gasteiger charge is -1.92. The predicted molar refractivity (Wildman–Crippen MR) is 46.8 cm³/mol. The molecular formula is C9H15N. The molecule has 0 atom stereocenters. The van der Waals surface area contributed by atoms with Crippen molar-refractivity contribution in [2.24, 2.45) is 5.73 Å². The second kappa shape index (κ2) is 6.30. The molecule has 0 amide bonds. The van der Waals surface area contributed by atoms with Gasteiger partial charge in [0.15, 0.2) is 0 Å². The van der Waals surface area contributed by atoms with Crippen LogP contribution in [0.1, 0.15) is 13.3 Å². The van der Waals surface area contributed by atoms with Crippen molar-refractivity contribution in [3.05, 3.63) is 36.5 Å². The van der Waals surface area contributed by atoms with Gasteiger partial charge in [-0.3, -0.25) is 0 Å². The summed E-state index contributed by atoms with van der Waals surface area (Å²) in [6, 6.07) is 0. The highest BCUT2D eigenvalue weighted by Crippen LogP contribution is 1.95. The summed E-state index contributed by atoms with van der Waals surface area (Å²) < 4.78 is 0. The average Bonchev–Trinajstić information content (AvgIpc) is 1.98. The summed E-state index contributed by atoms with van der Waals surface area (Å²) in [5.74, 6) is 0. The summed E-state index contributed by atoms with van der Waals surface area (Å²) in [5.41, 5.74) is 6.55. The second-order valence-corrected chi connectivity index (χ2v) is 1.99. The molecule has 0 rings (SSSR count). The lowest BCUT2D eigenvalue weighted by atomic mass is 10.2. The van der Waals surface area contributed by atoms with E-state index in [0.29, 0.717) is 6.54 Å². The molecule has 0 heterocycles. The Morgan fingerprint density at radius 2 is 2.30 bits per heavy atom. The van der Waals surface area contributed by atoms with Crippen LogP contribution in [-0.4, -0.2) is 6.54 Å². The van der Waals surface area contributed by atoms with Crippen molar-refractivity contribution in [2.45, 2.75) is 13.3 Å². The maximum Gasteiger partial charge on any atom is 0.0177 e. The average molecular weight is 137 g/mol. The first-order chi connectivity index (χ1) is 4.85. The molecule has 1 heteroatoms. The molecule has 0 bridgehead atoms. The first kappa shape index (κ1) is 9.18. The lowest BCUT2D eigenvalue weighted by Crippen LogP contribution is -2.00. The van der Waals surface area contributed by atoms with Crippen molar-refractivity contribution in [3.8, 4) is 0 Å². The second-order valence-electron chi connectivity index (χ2n) is 1.99. The Labute approximate surface area is 62.9 Å². The minimum absolute atomic E-state index is 0.586. The minimum Gasteiger partial charge on any atom is -0.326 e. The van der Waals surface area contributed by atoms with Gasteiger partial charge in [0.05, 0.1) is 0 Å². The Bertz CT molecular complexity index is 143. The molecular weight excluding hydrogens is 122 g/mol. The molecule has 0 unspecified atom stereocenters. The largest absolute Gasteiger partial charge is 0.326 e. The maximum atomic E-state index is 5.43. The molecule has 1 nitrogen and oxygen atoms in total. The number of hydrogen-bond donors (Lipinski definition) is 1. The SMILES string of the molecule is C=C/C=C(\C=C/CC)CN. The van der Waals surface area contributed by atoms with Crippen molar-refractivity contribution < 1.29 is 0 Å². The zero-order valence-corrected chi connectivity index (χ0v) is 6.51. The highest BCUT2D eigenvalue weighted by molar-refractivity contribution is 5.23. The first-order valence-corrected chi connectivity index (χ1v) is 3.53. The van der Waals surface area contributed by atoms with Crippen molar-refractivity contribution in [1.29, 1.82) is 0 Å². The fraction of sp³-hybridized carbons (Fsp3) is 0.333. The number of hydrogen-bond acceptors (Lipinski definition) is 1. The van der Waals surface area contributed by atoms with E-state index in [1.54, 1.807) is 6.08 Å². The summed E-state index contributed by atoms with van der Waals surface area (Å²) in [6.45, 7) is 6.27. The molecule has 0 aromatic carbocycles. The van der Waals surface area contributed by atoms with Gasteiger partial charge in [0.25, 0.3) is 0 Å². The number of allylic oxidation sites excluding steroid dienone is 3. The monoisotopic (exact) mass is 137 g/mol. The Hall–Kier alpha value is -0.820. The lowest BCUT2D eigenvalue weighted by molar-refractivity contribution is 1.16. The maximum absolute atomic E-state index is 5.43. The van der Waals surface area contributed by atoms with Crippen molar-refractivity contribution in [3.63, 3.8) is 0 Å². The van der Waals surface area contributed by atoms with Gasteiger partial charge in [0, 0.05) is 6.54 Å². The number of nitrogens with two attached hydrogens (primary N) is 1. The highest BCUT2D eigenvalue weighted by Gasteiger charge is 1.82. The quantitative estimate of drug-likeness (QED) is 0.589. The normalized spacial score (nSPS) is 12.4. The van der Waals surface area contributed by atoms with Crippen molar-refractivity contribution >= 4 is 0 Å². The molecule has 0 radical (unpaired) electrons. The molecule has 0 aliphatic carbocycles. The fourth-order valence-corrected chi connectivity index (χ4v) is 0.612. The van der Waals surface area contributed by atoms with Crippen LogP contribution < -0.4 is 5.73 Å². The van der Waals surface area contributed by atoms with E-state index in [9.17, 15) is 0 Å². The molecule has 0 aromatic rings. The van der Waals surface area contributed by atoms with Crippen LogP contribution in [0.5, 0.6) is 0 Å². The summed E-state index contributed by atoms with van der Waals surface area (Å²) >= 11 is 0. The van der Waals surface area contributed by atoms with E-state index in [2.05, 4.69) is 19.6 Å². The zero-order chi connectivity index (χ0) is 7.82. The Morgan fingerprint density at radius 1 is 1.60 bits per heavy atom. The fourth-order valence-electron chi connectivity index (χ4n) is 0.612. The van der Waals surface area contributed by atoms with E-state index in [1.807, 2.05) is 12.2 Å². The van der Waals surface area contributed by atoms with E-state index in [0.717, 1.165) is 12.0 Å². The minimum atomic E-state index is 0.586. The van der Waals surface area contributed by atoms with Crippen LogP contribution >= 0.6 is 0 Å². The van der Waals surface area contributed by atoms with E-state index in [4.69, 9.17) is 5.73 Å². The van der Waals surface area contributed by atoms with Crippen LogP contribution in [0.4, 0.5) is 0 Å². The standard InChI is InChI=1S/C9H15N/c1-3-5-7-9(8-10)6-4-2/h4-7H,2-3,8,10H2,1H3/b7-5-,9-6+. The summed E-state index contributed by atoms with van der Waals surface area (Å²) in [5, 5.41) is 0. The van der Waals surface area contributed by atoms with Crippen LogP contribution in [0.2, 0.25) is 0 Å². The van der Waals surface area contributed by atoms with Gasteiger partial charge in [0.1, 0.15) is 0 Å². The summed E-state index contributed by atoms with van der Waals surface area (Å²) in [4.78, 5) is 0. The van der Waals surface area contributed by atoms with Gasteiger partial charge < -0.3 is 5.73 Å². The van der Waals surface area contributed by atoms with Crippen molar-refractivity contribution in [2.75, 3.05) is 6.54 Å². The summed E-state index contributed by atoms with van der Waals surface area (Å²) in [6.07, 6.45) is 8.84. The van der Waals surface area contributed by atoms with Crippen LogP contribution in [0.25, 0.3) is 0 Å². The molecule has 0 aromatic heterocycles. The smallest absolute Gasteiger partial charge is 0.0177 e. The molecule has 2 N–H and O–H groups in total. The third-order valence-electron chi connectivity index (χ3n) is 1.14. The van der Waals surface area contributed by atoms with Crippen LogP contribution in [0.3, 0.4) is 0 Å².